The van der Waals surface area contributed by atoms with Gasteiger partial charge >= 0.3 is 0 Å². The lowest BCUT2D eigenvalue weighted by molar-refractivity contribution is 0.0795. The number of benzene rings is 2. The van der Waals surface area contributed by atoms with Crippen LogP contribution < -0.4 is 0 Å². The van der Waals surface area contributed by atoms with Crippen molar-refractivity contribution in [3.05, 3.63) is 70.5 Å². The predicted molar refractivity (Wildman–Crippen MR) is 108 cm³/mol. The van der Waals surface area contributed by atoms with E-state index in [1.165, 1.54) is 0 Å². The van der Waals surface area contributed by atoms with Crippen LogP contribution >= 0.6 is 11.6 Å². The lowest BCUT2D eigenvalue weighted by Gasteiger charge is -2.17. The molecule has 142 valence electrons. The van der Waals surface area contributed by atoms with Crippen LogP contribution in [0.1, 0.15) is 21.7 Å². The summed E-state index contributed by atoms with van der Waals surface area (Å²) in [5.41, 5.74) is 3.35. The van der Waals surface area contributed by atoms with E-state index in [0.29, 0.717) is 35.3 Å². The maximum atomic E-state index is 12.6. The highest BCUT2D eigenvalue weighted by molar-refractivity contribution is 6.31. The SMILES string of the molecule is Cc1ccccc1C(=O)N(C)CCc1noc(-c2cc3cc(Cl)ccc3[nH]2)n1. The van der Waals surface area contributed by atoms with Crippen molar-refractivity contribution in [1.82, 2.24) is 20.0 Å². The Hall–Kier alpha value is -3.12. The van der Waals surface area contributed by atoms with Gasteiger partial charge in [0.25, 0.3) is 11.8 Å². The molecule has 2 aromatic carbocycles. The third-order valence-corrected chi connectivity index (χ3v) is 4.91. The molecule has 0 aliphatic carbocycles. The Kier molecular flexibility index (Phi) is 4.88. The predicted octanol–water partition coefficient (Wildman–Crippen LogP) is 4.49. The van der Waals surface area contributed by atoms with Crippen molar-refractivity contribution in [2.45, 2.75) is 13.3 Å². The number of amides is 1. The number of nitrogens with zero attached hydrogens (tertiary/aromatic N) is 3. The second-order valence-electron chi connectivity index (χ2n) is 6.72. The van der Waals surface area contributed by atoms with Crippen LogP contribution in [0, 0.1) is 6.92 Å². The number of nitrogens with one attached hydrogen (secondary N) is 1. The van der Waals surface area contributed by atoms with Gasteiger partial charge in [0.05, 0.1) is 0 Å². The van der Waals surface area contributed by atoms with Gasteiger partial charge in [0, 0.05) is 41.5 Å². The van der Waals surface area contributed by atoms with Gasteiger partial charge in [-0.1, -0.05) is 35.0 Å². The van der Waals surface area contributed by atoms with Crippen LogP contribution in [0.3, 0.4) is 0 Å². The van der Waals surface area contributed by atoms with Gasteiger partial charge in [-0.3, -0.25) is 4.79 Å². The Morgan fingerprint density at radius 3 is 2.86 bits per heavy atom. The molecule has 0 aliphatic heterocycles. The Morgan fingerprint density at radius 1 is 1.21 bits per heavy atom. The molecule has 2 aromatic heterocycles. The molecule has 0 fully saturated rings. The van der Waals surface area contributed by atoms with E-state index in [9.17, 15) is 4.79 Å². The zero-order valence-electron chi connectivity index (χ0n) is 15.6. The molecule has 4 rings (SSSR count). The topological polar surface area (TPSA) is 75.0 Å². The maximum Gasteiger partial charge on any atom is 0.274 e. The third-order valence-electron chi connectivity index (χ3n) is 4.67. The minimum absolute atomic E-state index is 0.0192. The second kappa shape index (κ2) is 7.48. The van der Waals surface area contributed by atoms with Crippen molar-refractivity contribution in [2.24, 2.45) is 0 Å². The van der Waals surface area contributed by atoms with E-state index < -0.39 is 0 Å². The summed E-state index contributed by atoms with van der Waals surface area (Å²) in [6.07, 6.45) is 0.504. The molecule has 0 atom stereocenters. The summed E-state index contributed by atoms with van der Waals surface area (Å²) >= 11 is 6.03. The summed E-state index contributed by atoms with van der Waals surface area (Å²) in [6, 6.07) is 15.1. The zero-order valence-corrected chi connectivity index (χ0v) is 16.3. The Balaban J connectivity index is 1.44. The highest BCUT2D eigenvalue weighted by Crippen LogP contribution is 2.25. The number of likely N-dealkylation sites (N-methyl/N-ethyl adjacent to an activating group) is 1. The number of aromatic nitrogens is 3. The summed E-state index contributed by atoms with van der Waals surface area (Å²) in [5, 5.41) is 5.68. The lowest BCUT2D eigenvalue weighted by atomic mass is 10.1. The van der Waals surface area contributed by atoms with E-state index in [0.717, 1.165) is 22.2 Å². The molecule has 0 unspecified atom stereocenters. The fraction of sp³-hybridized carbons (Fsp3) is 0.190. The number of carbonyl (C=O) groups is 1. The molecule has 6 nitrogen and oxygen atoms in total. The highest BCUT2D eigenvalue weighted by Gasteiger charge is 2.16. The second-order valence-corrected chi connectivity index (χ2v) is 7.16. The van der Waals surface area contributed by atoms with Crippen LogP contribution in [-0.4, -0.2) is 39.5 Å². The number of rotatable bonds is 5. The Labute approximate surface area is 167 Å². The molecular formula is C21H19ClN4O2. The summed E-state index contributed by atoms with van der Waals surface area (Å²) in [6.45, 7) is 2.43. The number of H-pyrrole nitrogens is 1. The van der Waals surface area contributed by atoms with Crippen molar-refractivity contribution >= 4 is 28.4 Å². The van der Waals surface area contributed by atoms with Gasteiger partial charge in [-0.25, -0.2) is 0 Å². The van der Waals surface area contributed by atoms with E-state index in [-0.39, 0.29) is 5.91 Å². The summed E-state index contributed by atoms with van der Waals surface area (Å²) in [5.74, 6) is 0.945. The van der Waals surface area contributed by atoms with E-state index in [1.807, 2.05) is 55.5 Å². The molecule has 0 saturated carbocycles. The highest BCUT2D eigenvalue weighted by atomic mass is 35.5. The van der Waals surface area contributed by atoms with Crippen LogP contribution in [-0.2, 0) is 6.42 Å². The fourth-order valence-electron chi connectivity index (χ4n) is 3.07. The molecule has 0 saturated heterocycles. The monoisotopic (exact) mass is 394 g/mol. The third kappa shape index (κ3) is 3.64. The molecule has 0 bridgehead atoms. The van der Waals surface area contributed by atoms with E-state index in [1.54, 1.807) is 11.9 Å². The number of halogens is 1. The molecule has 0 aliphatic rings. The number of hydrogen-bond acceptors (Lipinski definition) is 4. The van der Waals surface area contributed by atoms with Gasteiger partial charge in [-0.2, -0.15) is 4.98 Å². The number of hydrogen-bond donors (Lipinski definition) is 1. The normalized spacial score (nSPS) is 11.1. The standard InChI is InChI=1S/C21H19ClN4O2/c1-13-5-3-4-6-16(13)21(27)26(2)10-9-19-24-20(28-25-19)18-12-14-11-15(22)7-8-17(14)23-18/h3-8,11-12,23H,9-10H2,1-2H3. The van der Waals surface area contributed by atoms with Gasteiger partial charge in [0.2, 0.25) is 0 Å². The van der Waals surface area contributed by atoms with Gasteiger partial charge in [0.15, 0.2) is 5.82 Å². The number of aryl methyl sites for hydroxylation is 1. The molecule has 0 spiro atoms. The van der Waals surface area contributed by atoms with E-state index in [4.69, 9.17) is 16.1 Å². The van der Waals surface area contributed by atoms with Crippen LogP contribution in [0.25, 0.3) is 22.5 Å². The van der Waals surface area contributed by atoms with Crippen molar-refractivity contribution in [3.8, 4) is 11.6 Å². The first-order valence-corrected chi connectivity index (χ1v) is 9.31. The van der Waals surface area contributed by atoms with Crippen LogP contribution in [0.15, 0.2) is 53.1 Å². The molecule has 0 radical (unpaired) electrons. The minimum Gasteiger partial charge on any atom is -0.351 e. The summed E-state index contributed by atoms with van der Waals surface area (Å²) in [4.78, 5) is 21.9. The lowest BCUT2D eigenvalue weighted by Crippen LogP contribution is -2.29. The smallest absolute Gasteiger partial charge is 0.274 e. The average Bonchev–Trinajstić information content (AvgIpc) is 3.32. The van der Waals surface area contributed by atoms with Crippen molar-refractivity contribution in [2.75, 3.05) is 13.6 Å². The molecule has 7 heteroatoms. The minimum atomic E-state index is -0.0192. The van der Waals surface area contributed by atoms with E-state index in [2.05, 4.69) is 15.1 Å². The molecular weight excluding hydrogens is 376 g/mol. The van der Waals surface area contributed by atoms with Crippen molar-refractivity contribution < 1.29 is 9.32 Å². The summed E-state index contributed by atoms with van der Waals surface area (Å²) < 4.78 is 5.38. The van der Waals surface area contributed by atoms with Crippen LogP contribution in [0.5, 0.6) is 0 Å². The number of fused-ring (bicyclic) bond motifs is 1. The average molecular weight is 395 g/mol. The first-order valence-electron chi connectivity index (χ1n) is 8.93. The Morgan fingerprint density at radius 2 is 2.04 bits per heavy atom. The Bertz CT molecular complexity index is 1150. The molecule has 1 N–H and O–H groups in total. The maximum absolute atomic E-state index is 12.6. The number of carbonyl (C=O) groups excluding carboxylic acids is 1. The van der Waals surface area contributed by atoms with Crippen LogP contribution in [0.4, 0.5) is 0 Å². The van der Waals surface area contributed by atoms with Gasteiger partial charge in [-0.15, -0.1) is 0 Å². The first kappa shape index (κ1) is 18.3. The zero-order chi connectivity index (χ0) is 19.7. The van der Waals surface area contributed by atoms with Gasteiger partial charge in [0.1, 0.15) is 5.69 Å². The fourth-order valence-corrected chi connectivity index (χ4v) is 3.25. The number of aromatic amines is 1. The molecule has 2 heterocycles. The van der Waals surface area contributed by atoms with E-state index >= 15 is 0 Å². The largest absolute Gasteiger partial charge is 0.351 e. The quantitative estimate of drug-likeness (QED) is 0.541. The van der Waals surface area contributed by atoms with Gasteiger partial charge < -0.3 is 14.4 Å². The van der Waals surface area contributed by atoms with Crippen LogP contribution in [0.2, 0.25) is 5.02 Å². The molecule has 28 heavy (non-hydrogen) atoms. The first-order chi connectivity index (χ1) is 13.5. The van der Waals surface area contributed by atoms with Crippen molar-refractivity contribution in [1.29, 1.82) is 0 Å². The van der Waals surface area contributed by atoms with Crippen molar-refractivity contribution in [3.63, 3.8) is 0 Å². The summed E-state index contributed by atoms with van der Waals surface area (Å²) in [7, 11) is 1.78. The molecule has 4 aromatic rings. The molecule has 1 amide bonds. The van der Waals surface area contributed by atoms with Gasteiger partial charge in [-0.05, 0) is 42.8 Å².